The topological polar surface area (TPSA) is 0 Å². The van der Waals surface area contributed by atoms with E-state index in [1.807, 2.05) is 11.1 Å². The second-order valence-corrected chi connectivity index (χ2v) is 29.2. The van der Waals surface area contributed by atoms with E-state index < -0.39 is 16.1 Å². The molecule has 9 aliphatic rings. The summed E-state index contributed by atoms with van der Waals surface area (Å²) in [6.07, 6.45) is 31.3. The van der Waals surface area contributed by atoms with E-state index >= 15 is 0 Å². The molecular weight excluding hydrogens is 609 g/mol. The molecule has 0 aromatic heterocycles. The van der Waals surface area contributed by atoms with E-state index in [-0.39, 0.29) is 0 Å². The van der Waals surface area contributed by atoms with Crippen molar-refractivity contribution in [3.05, 3.63) is 44.8 Å². The van der Waals surface area contributed by atoms with Gasteiger partial charge in [-0.1, -0.05) is 150 Å². The zero-order chi connectivity index (χ0) is 33.3. The molecule has 48 heavy (non-hydrogen) atoms. The monoisotopic (exact) mass is 681 g/mol. The van der Waals surface area contributed by atoms with Crippen molar-refractivity contribution in [2.45, 2.75) is 191 Å². The van der Waals surface area contributed by atoms with Gasteiger partial charge in [0.2, 0.25) is 0 Å². The third kappa shape index (κ3) is 4.12. The lowest BCUT2D eigenvalue weighted by Gasteiger charge is -2.66. The second kappa shape index (κ2) is 12.0. The van der Waals surface area contributed by atoms with Gasteiger partial charge in [-0.25, -0.2) is 0 Å². The first kappa shape index (κ1) is 33.2. The molecule has 0 aromatic carbocycles. The summed E-state index contributed by atoms with van der Waals surface area (Å²) in [6.45, 7) is 21.2. The maximum atomic E-state index is 3.09. The van der Waals surface area contributed by atoms with E-state index in [0.29, 0.717) is 0 Å². The van der Waals surface area contributed by atoms with E-state index in [1.165, 1.54) is 12.8 Å². The molecule has 0 aromatic rings. The van der Waals surface area contributed by atoms with Crippen LogP contribution in [-0.4, -0.2) is 16.1 Å². The quantitative estimate of drug-likeness (QED) is 0.205. The fraction of sp³-hybridized carbons (Fsp3) is 0.826. The molecule has 0 radical (unpaired) electrons. The van der Waals surface area contributed by atoms with Crippen molar-refractivity contribution in [2.75, 3.05) is 0 Å². The molecule has 14 atom stereocenters. The maximum Gasteiger partial charge on any atom is 0.122 e. The summed E-state index contributed by atoms with van der Waals surface area (Å²) < 4.78 is 0. The van der Waals surface area contributed by atoms with Crippen molar-refractivity contribution >= 4 is 16.1 Å². The Morgan fingerprint density at radius 3 is 1.29 bits per heavy atom. The average molecular weight is 681 g/mol. The molecule has 0 spiro atoms. The van der Waals surface area contributed by atoms with E-state index in [4.69, 9.17) is 0 Å². The Hall–Kier alpha value is -0.606. The van der Waals surface area contributed by atoms with Gasteiger partial charge in [0.15, 0.2) is 0 Å². The van der Waals surface area contributed by atoms with Gasteiger partial charge in [-0.3, -0.25) is 0 Å². The molecule has 1 saturated heterocycles. The Bertz CT molecular complexity index is 1330. The SMILES string of the molecule is CC1=C(C)C([Si]2(C3C(C)=C(C)C(C)C3C)C3=CCCC3[Si](C3CCC4CCCCC43)(C3CCC4CCCCC43)C3CCC=C32)C(C)C1C. The molecule has 14 unspecified atom stereocenters. The molecule has 8 aliphatic carbocycles. The first-order valence-electron chi connectivity index (χ1n) is 21.9. The highest BCUT2D eigenvalue weighted by Crippen LogP contribution is 2.79. The van der Waals surface area contributed by atoms with Crippen molar-refractivity contribution in [1.82, 2.24) is 0 Å². The lowest BCUT2D eigenvalue weighted by molar-refractivity contribution is 0.259. The minimum absolute atomic E-state index is 0.749. The average Bonchev–Trinajstić information content (AvgIpc) is 3.96. The Kier molecular flexibility index (Phi) is 8.29. The predicted molar refractivity (Wildman–Crippen MR) is 211 cm³/mol. The highest BCUT2D eigenvalue weighted by Gasteiger charge is 2.75. The first-order valence-corrected chi connectivity index (χ1v) is 26.4. The normalized spacial score (nSPS) is 53.2. The van der Waals surface area contributed by atoms with E-state index in [9.17, 15) is 0 Å². The summed E-state index contributed by atoms with van der Waals surface area (Å²) in [5.74, 6) is 7.50. The largest absolute Gasteiger partial charge is 0.122 e. The van der Waals surface area contributed by atoms with Gasteiger partial charge in [0.1, 0.15) is 8.07 Å². The van der Waals surface area contributed by atoms with E-state index in [2.05, 4.69) is 77.9 Å². The van der Waals surface area contributed by atoms with Crippen LogP contribution in [-0.2, 0) is 0 Å². The maximum absolute atomic E-state index is 3.09. The Morgan fingerprint density at radius 1 is 0.479 bits per heavy atom. The third-order valence-electron chi connectivity index (χ3n) is 19.7. The Labute approximate surface area is 298 Å². The van der Waals surface area contributed by atoms with Crippen molar-refractivity contribution < 1.29 is 0 Å². The predicted octanol–water partition coefficient (Wildman–Crippen LogP) is 14.1. The fourth-order valence-electron chi connectivity index (χ4n) is 17.6. The molecule has 1 heterocycles. The van der Waals surface area contributed by atoms with Gasteiger partial charge < -0.3 is 0 Å². The van der Waals surface area contributed by atoms with Crippen LogP contribution < -0.4 is 0 Å². The van der Waals surface area contributed by atoms with Crippen LogP contribution in [0.3, 0.4) is 0 Å². The standard InChI is InChI=1S/C46H72Si2/c1-27-28(2)32(6)45(31(27)5)48(46-33(7)29(3)30(4)34(46)8)43-21-13-19-41(43)47(42-20-14-22-44(42)48,39-25-23-35-15-9-11-17-37(35)39)40-26-24-36-16-10-12-18-38(36)40/h21-22,27,29,31,33,35-42,45-46H,9-20,23-26H2,1-8H3. The van der Waals surface area contributed by atoms with Gasteiger partial charge in [0, 0.05) is 0 Å². The van der Waals surface area contributed by atoms with Crippen molar-refractivity contribution in [3.63, 3.8) is 0 Å². The van der Waals surface area contributed by atoms with Crippen LogP contribution in [0.4, 0.5) is 0 Å². The zero-order valence-corrected chi connectivity index (χ0v) is 34.6. The van der Waals surface area contributed by atoms with Crippen molar-refractivity contribution in [3.8, 4) is 0 Å². The molecule has 5 fully saturated rings. The minimum atomic E-state index is -2.13. The van der Waals surface area contributed by atoms with E-state index in [0.717, 1.165) is 80.6 Å². The summed E-state index contributed by atoms with van der Waals surface area (Å²) in [5, 5.41) is 4.52. The highest BCUT2D eigenvalue weighted by molar-refractivity contribution is 7.04. The number of hydrogen-bond acceptors (Lipinski definition) is 0. The highest BCUT2D eigenvalue weighted by atomic mass is 28.3. The number of fused-ring (bicyclic) bond motifs is 4. The van der Waals surface area contributed by atoms with Crippen LogP contribution >= 0.6 is 0 Å². The smallest absolute Gasteiger partial charge is 0.0888 e. The molecule has 0 bridgehead atoms. The molecule has 4 saturated carbocycles. The van der Waals surface area contributed by atoms with E-state index in [1.54, 1.807) is 101 Å². The number of rotatable bonds is 4. The second-order valence-electron chi connectivity index (χ2n) is 20.2. The molecule has 0 N–H and O–H groups in total. The van der Waals surface area contributed by atoms with Crippen LogP contribution in [0.25, 0.3) is 0 Å². The summed E-state index contributed by atoms with van der Waals surface area (Å²) >= 11 is 0. The first-order chi connectivity index (χ1) is 23.2. The van der Waals surface area contributed by atoms with Crippen LogP contribution in [0.15, 0.2) is 44.8 Å². The minimum Gasteiger partial charge on any atom is -0.0888 e. The van der Waals surface area contributed by atoms with Crippen LogP contribution in [0, 0.1) is 47.3 Å². The van der Waals surface area contributed by atoms with Gasteiger partial charge >= 0.3 is 0 Å². The number of hydrogen-bond donors (Lipinski definition) is 0. The Balaban J connectivity index is 1.30. The lowest BCUT2D eigenvalue weighted by atomic mass is 9.81. The van der Waals surface area contributed by atoms with Crippen LogP contribution in [0.1, 0.15) is 158 Å². The summed E-state index contributed by atoms with van der Waals surface area (Å²) in [4.78, 5) is 0. The molecule has 1 aliphatic heterocycles. The molecule has 2 heteroatoms. The van der Waals surface area contributed by atoms with Gasteiger partial charge in [-0.2, -0.15) is 0 Å². The summed E-state index contributed by atoms with van der Waals surface area (Å²) in [7, 11) is -3.91. The molecular formula is C46H72Si2. The number of allylic oxidation sites excluding steroid dienone is 8. The van der Waals surface area contributed by atoms with Crippen LogP contribution in [0.5, 0.6) is 0 Å². The molecule has 264 valence electrons. The zero-order valence-electron chi connectivity index (χ0n) is 32.6. The molecule has 0 nitrogen and oxygen atoms in total. The molecule has 0 amide bonds. The van der Waals surface area contributed by atoms with Crippen LogP contribution in [0.2, 0.25) is 33.2 Å². The molecule has 9 rings (SSSR count). The fourth-order valence-corrected chi connectivity index (χ4v) is 38.6. The third-order valence-corrected chi connectivity index (χ3v) is 34.7. The summed E-state index contributed by atoms with van der Waals surface area (Å²) in [5.41, 5.74) is 13.4. The van der Waals surface area contributed by atoms with Gasteiger partial charge in [0.25, 0.3) is 0 Å². The Morgan fingerprint density at radius 2 is 0.896 bits per heavy atom. The lowest BCUT2D eigenvalue weighted by Crippen LogP contribution is -2.67. The van der Waals surface area contributed by atoms with Crippen molar-refractivity contribution in [1.29, 1.82) is 0 Å². The van der Waals surface area contributed by atoms with Gasteiger partial charge in [0.05, 0.1) is 8.07 Å². The summed E-state index contributed by atoms with van der Waals surface area (Å²) in [6, 6.07) is 0. The van der Waals surface area contributed by atoms with Gasteiger partial charge in [-0.05, 0) is 134 Å². The van der Waals surface area contributed by atoms with Crippen molar-refractivity contribution in [2.24, 2.45) is 47.3 Å². The van der Waals surface area contributed by atoms with Gasteiger partial charge in [-0.15, -0.1) is 0 Å².